The van der Waals surface area contributed by atoms with Crippen LogP contribution in [0, 0.1) is 5.82 Å². The van der Waals surface area contributed by atoms with Gasteiger partial charge < -0.3 is 41.5 Å². The Bertz CT molecular complexity index is 1240. The number of nitrogens with zero attached hydrogens (tertiary/aromatic N) is 1. The van der Waals surface area contributed by atoms with Crippen molar-refractivity contribution >= 4 is 23.0 Å². The number of hydrogen-bond donors (Lipinski definition) is 8. The van der Waals surface area contributed by atoms with E-state index in [1.165, 1.54) is 12.1 Å². The number of carbonyl (C=O) groups is 1. The molecule has 210 valence electrons. The number of aliphatic hydroxyl groups is 5. The van der Waals surface area contributed by atoms with E-state index >= 15 is 0 Å². The van der Waals surface area contributed by atoms with E-state index in [0.717, 1.165) is 22.4 Å². The summed E-state index contributed by atoms with van der Waals surface area (Å²) in [5, 5.41) is 58.6. The van der Waals surface area contributed by atoms with Crippen LogP contribution in [0.5, 0.6) is 0 Å². The smallest absolute Gasteiger partial charge is 0.275 e. The third-order valence-corrected chi connectivity index (χ3v) is 7.09. The molecule has 5 atom stereocenters. The van der Waals surface area contributed by atoms with Crippen LogP contribution >= 0.6 is 0 Å². The van der Waals surface area contributed by atoms with E-state index in [4.69, 9.17) is 0 Å². The molecule has 1 saturated heterocycles. The van der Waals surface area contributed by atoms with Gasteiger partial charge in [0.25, 0.3) is 5.91 Å². The van der Waals surface area contributed by atoms with Crippen LogP contribution in [0.4, 0.5) is 15.8 Å². The maximum absolute atomic E-state index is 13.3. The highest BCUT2D eigenvalue weighted by Gasteiger charge is 2.32. The topological polar surface area (TPSA) is 167 Å². The Hall–Kier alpha value is -3.35. The molecule has 2 heterocycles. The predicted octanol–water partition coefficient (Wildman–Crippen LogP) is 0.947. The number of carbonyl (C=O) groups excluding carboxylic acids is 1. The van der Waals surface area contributed by atoms with E-state index in [9.17, 15) is 34.7 Å². The van der Waals surface area contributed by atoms with Crippen molar-refractivity contribution < 1.29 is 34.7 Å². The van der Waals surface area contributed by atoms with Gasteiger partial charge in [-0.25, -0.2) is 9.38 Å². The average molecular weight is 543 g/mol. The number of aliphatic hydroxyl groups excluding tert-OH is 5. The normalized spacial score (nSPS) is 22.4. The first-order valence-corrected chi connectivity index (χ1v) is 13.0. The van der Waals surface area contributed by atoms with Crippen molar-refractivity contribution in [2.45, 2.75) is 63.2 Å². The number of aliphatic imine (C=N–C) groups is 1. The molecule has 39 heavy (non-hydrogen) atoms. The fourth-order valence-corrected chi connectivity index (χ4v) is 4.88. The summed E-state index contributed by atoms with van der Waals surface area (Å²) >= 11 is 0. The Morgan fingerprint density at radius 1 is 1.13 bits per heavy atom. The minimum atomic E-state index is -1.56. The minimum absolute atomic E-state index is 0.0368. The number of fused-ring (bicyclic) bond motifs is 2. The lowest BCUT2D eigenvalue weighted by Crippen LogP contribution is -2.55. The highest BCUT2D eigenvalue weighted by molar-refractivity contribution is 6.46. The molecule has 0 aliphatic carbocycles. The van der Waals surface area contributed by atoms with Crippen molar-refractivity contribution in [1.82, 2.24) is 10.6 Å². The van der Waals surface area contributed by atoms with Gasteiger partial charge >= 0.3 is 0 Å². The Morgan fingerprint density at radius 2 is 1.87 bits per heavy atom. The third-order valence-electron chi connectivity index (χ3n) is 7.09. The molecule has 10 nitrogen and oxygen atoms in total. The zero-order valence-corrected chi connectivity index (χ0v) is 21.6. The van der Waals surface area contributed by atoms with Crippen LogP contribution in [0.25, 0.3) is 0 Å². The molecule has 11 heteroatoms. The van der Waals surface area contributed by atoms with Crippen molar-refractivity contribution in [3.63, 3.8) is 0 Å². The molecule has 4 rings (SSSR count). The molecule has 1 fully saturated rings. The van der Waals surface area contributed by atoms with Gasteiger partial charge in [-0.1, -0.05) is 25.1 Å². The molecular weight excluding hydrogens is 507 g/mol. The summed E-state index contributed by atoms with van der Waals surface area (Å²) in [6.45, 7) is 1.87. The third kappa shape index (κ3) is 6.81. The maximum atomic E-state index is 13.3. The monoisotopic (exact) mass is 542 g/mol. The highest BCUT2D eigenvalue weighted by atomic mass is 19.1. The Labute approximate surface area is 225 Å². The number of nitrogens with one attached hydrogen (secondary N) is 3. The summed E-state index contributed by atoms with van der Waals surface area (Å²) in [6, 6.07) is 10.1. The lowest BCUT2D eigenvalue weighted by Gasteiger charge is -2.30. The summed E-state index contributed by atoms with van der Waals surface area (Å²) in [5.74, 6) is -1.21. The van der Waals surface area contributed by atoms with Gasteiger partial charge in [0.15, 0.2) is 5.71 Å². The number of halogens is 1. The van der Waals surface area contributed by atoms with Crippen LogP contribution in [0.15, 0.2) is 53.2 Å². The number of rotatable bonds is 10. The molecule has 0 spiro atoms. The van der Waals surface area contributed by atoms with E-state index in [-0.39, 0.29) is 23.9 Å². The molecule has 0 aromatic heterocycles. The first-order valence-electron chi connectivity index (χ1n) is 13.0. The van der Waals surface area contributed by atoms with E-state index in [1.54, 1.807) is 18.2 Å². The fraction of sp³-hybridized carbons (Fsp3) is 0.429. The molecule has 2 aliphatic heterocycles. The van der Waals surface area contributed by atoms with Crippen LogP contribution in [-0.2, 0) is 17.6 Å². The SMILES string of the molecule is CCc1cc2c(cc1NCCc1ccc(F)cc1)C(CC(O)C(O)C(O)CO)C/C=C1\NC(O)NC(=O)C1=N2. The standard InChI is InChI=1S/C28H35FN4O6/c1-2-16-11-22-19(13-21(16)30-10-9-15-3-6-18(29)7-4-15)17(12-23(35)26(37)24(36)14-34)5-8-20-25(31-22)27(38)33-28(39)32-20/h3-4,6-8,11,13,17,23-24,26,28,30,32,34-37,39H,2,5,9-10,12,14H2,1H3,(H,33,38)/b20-8-,31-25?. The van der Waals surface area contributed by atoms with Crippen molar-refractivity contribution in [1.29, 1.82) is 0 Å². The summed E-state index contributed by atoms with van der Waals surface area (Å²) in [6.07, 6.45) is -2.27. The highest BCUT2D eigenvalue weighted by Crippen LogP contribution is 2.39. The van der Waals surface area contributed by atoms with E-state index < -0.39 is 37.2 Å². The molecule has 2 aromatic carbocycles. The summed E-state index contributed by atoms with van der Waals surface area (Å²) < 4.78 is 13.3. The van der Waals surface area contributed by atoms with Crippen LogP contribution in [0.2, 0.25) is 0 Å². The second kappa shape index (κ2) is 12.7. The Balaban J connectivity index is 1.68. The molecule has 8 N–H and O–H groups in total. The number of benzene rings is 2. The zero-order chi connectivity index (χ0) is 28.1. The van der Waals surface area contributed by atoms with Gasteiger partial charge in [-0.05, 0) is 72.6 Å². The largest absolute Gasteiger partial charge is 0.394 e. The molecule has 1 amide bonds. The van der Waals surface area contributed by atoms with Crippen molar-refractivity contribution in [3.05, 3.63) is 70.7 Å². The first kappa shape index (κ1) is 28.7. The second-order valence-electron chi connectivity index (χ2n) is 9.80. The minimum Gasteiger partial charge on any atom is -0.394 e. The number of hydrogen-bond acceptors (Lipinski definition) is 9. The Kier molecular flexibility index (Phi) is 9.31. The average Bonchev–Trinajstić information content (AvgIpc) is 2.92. The van der Waals surface area contributed by atoms with Gasteiger partial charge in [0.1, 0.15) is 18.0 Å². The fourth-order valence-electron chi connectivity index (χ4n) is 4.88. The van der Waals surface area contributed by atoms with Gasteiger partial charge in [0.05, 0.1) is 24.1 Å². The molecule has 0 radical (unpaired) electrons. The summed E-state index contributed by atoms with van der Waals surface area (Å²) in [7, 11) is 0. The van der Waals surface area contributed by atoms with Crippen LogP contribution in [0.3, 0.4) is 0 Å². The van der Waals surface area contributed by atoms with Gasteiger partial charge in [-0.15, -0.1) is 0 Å². The lowest BCUT2D eigenvalue weighted by atomic mass is 9.84. The Morgan fingerprint density at radius 3 is 2.56 bits per heavy atom. The molecule has 2 aromatic rings. The van der Waals surface area contributed by atoms with Crippen molar-refractivity contribution in [2.75, 3.05) is 18.5 Å². The van der Waals surface area contributed by atoms with Gasteiger partial charge in [-0.2, -0.15) is 0 Å². The van der Waals surface area contributed by atoms with Gasteiger partial charge in [0.2, 0.25) is 6.35 Å². The number of allylic oxidation sites excluding steroid dienone is 1. The number of anilines is 1. The molecule has 2 aliphatic rings. The van der Waals surface area contributed by atoms with E-state index in [1.807, 2.05) is 19.1 Å². The zero-order valence-electron chi connectivity index (χ0n) is 21.6. The number of amides is 1. The summed E-state index contributed by atoms with van der Waals surface area (Å²) in [5.41, 5.74) is 4.49. The maximum Gasteiger partial charge on any atom is 0.275 e. The quantitative estimate of drug-likeness (QED) is 0.220. The molecule has 5 unspecified atom stereocenters. The molecule has 0 saturated carbocycles. The molecular formula is C28H35FN4O6. The van der Waals surface area contributed by atoms with E-state index in [0.29, 0.717) is 37.2 Å². The first-order chi connectivity index (χ1) is 18.7. The predicted molar refractivity (Wildman–Crippen MR) is 144 cm³/mol. The van der Waals surface area contributed by atoms with Gasteiger partial charge in [-0.3, -0.25) is 4.79 Å². The summed E-state index contributed by atoms with van der Waals surface area (Å²) in [4.78, 5) is 17.3. The van der Waals surface area contributed by atoms with Gasteiger partial charge in [0, 0.05) is 12.2 Å². The van der Waals surface area contributed by atoms with Crippen LogP contribution in [0.1, 0.15) is 42.4 Å². The molecule has 0 bridgehead atoms. The second-order valence-corrected chi connectivity index (χ2v) is 9.80. The van der Waals surface area contributed by atoms with E-state index in [2.05, 4.69) is 20.9 Å². The van der Waals surface area contributed by atoms with Crippen molar-refractivity contribution in [3.8, 4) is 0 Å². The lowest BCUT2D eigenvalue weighted by molar-refractivity contribution is -0.118. The van der Waals surface area contributed by atoms with Crippen molar-refractivity contribution in [2.24, 2.45) is 4.99 Å². The van der Waals surface area contributed by atoms with Crippen LogP contribution in [-0.4, -0.2) is 75.0 Å². The number of aryl methyl sites for hydroxylation is 1. The van der Waals surface area contributed by atoms with Crippen LogP contribution < -0.4 is 16.0 Å².